The van der Waals surface area contributed by atoms with Gasteiger partial charge in [-0.1, -0.05) is 36.2 Å². The summed E-state index contributed by atoms with van der Waals surface area (Å²) in [6.07, 6.45) is 6.62. The lowest BCUT2D eigenvalue weighted by Crippen LogP contribution is -2.52. The van der Waals surface area contributed by atoms with Gasteiger partial charge in [-0.3, -0.25) is 9.59 Å². The normalized spacial score (nSPS) is 18.5. The zero-order chi connectivity index (χ0) is 18.1. The largest absolute Gasteiger partial charge is 0.339 e. The van der Waals surface area contributed by atoms with Crippen molar-refractivity contribution in [3.8, 4) is 0 Å². The van der Waals surface area contributed by atoms with Crippen molar-refractivity contribution in [2.75, 3.05) is 26.2 Å². The van der Waals surface area contributed by atoms with Crippen LogP contribution in [-0.4, -0.2) is 47.8 Å². The SMILES string of the molecule is O=C(/C=C/c1sc2ccccc2c1Cl)N1CCN(C(=O)C2CCC2)CC1. The predicted molar refractivity (Wildman–Crippen MR) is 106 cm³/mol. The molecule has 1 aromatic heterocycles. The van der Waals surface area contributed by atoms with E-state index in [1.165, 1.54) is 6.42 Å². The van der Waals surface area contributed by atoms with Crippen LogP contribution >= 0.6 is 22.9 Å². The second-order valence-electron chi connectivity index (χ2n) is 6.89. The second-order valence-corrected chi connectivity index (χ2v) is 8.35. The topological polar surface area (TPSA) is 40.6 Å². The van der Waals surface area contributed by atoms with Crippen molar-refractivity contribution in [3.05, 3.63) is 40.2 Å². The summed E-state index contributed by atoms with van der Waals surface area (Å²) in [6, 6.07) is 7.97. The van der Waals surface area contributed by atoms with Gasteiger partial charge in [0.1, 0.15) is 0 Å². The van der Waals surface area contributed by atoms with E-state index in [0.717, 1.165) is 27.8 Å². The number of carbonyl (C=O) groups is 2. The number of halogens is 1. The first kappa shape index (κ1) is 17.6. The molecule has 1 aromatic carbocycles. The van der Waals surface area contributed by atoms with Crippen LogP contribution in [0.5, 0.6) is 0 Å². The van der Waals surface area contributed by atoms with Crippen molar-refractivity contribution < 1.29 is 9.59 Å². The Bertz CT molecular complexity index is 864. The third-order valence-corrected chi connectivity index (χ3v) is 6.95. The average molecular weight is 389 g/mol. The lowest BCUT2D eigenvalue weighted by atomic mass is 9.84. The fraction of sp³-hybridized carbons (Fsp3) is 0.400. The Morgan fingerprint density at radius 1 is 1.08 bits per heavy atom. The van der Waals surface area contributed by atoms with Crippen molar-refractivity contribution in [1.82, 2.24) is 9.80 Å². The van der Waals surface area contributed by atoms with E-state index in [0.29, 0.717) is 31.2 Å². The third-order valence-electron chi connectivity index (χ3n) is 5.29. The molecule has 1 aliphatic carbocycles. The summed E-state index contributed by atoms with van der Waals surface area (Å²) in [5.74, 6) is 0.484. The highest BCUT2D eigenvalue weighted by atomic mass is 35.5. The van der Waals surface area contributed by atoms with Gasteiger partial charge >= 0.3 is 0 Å². The summed E-state index contributed by atoms with van der Waals surface area (Å²) in [4.78, 5) is 29.4. The molecule has 136 valence electrons. The zero-order valence-electron chi connectivity index (χ0n) is 14.5. The molecule has 2 aromatic rings. The second kappa shape index (κ2) is 7.41. The van der Waals surface area contributed by atoms with Crippen LogP contribution in [0, 0.1) is 5.92 Å². The Labute approximate surface area is 162 Å². The summed E-state index contributed by atoms with van der Waals surface area (Å²) in [5, 5.41) is 1.72. The number of hydrogen-bond donors (Lipinski definition) is 0. The molecule has 0 spiro atoms. The predicted octanol–water partition coefficient (Wildman–Crippen LogP) is 4.04. The molecule has 0 atom stereocenters. The maximum atomic E-state index is 12.5. The minimum absolute atomic E-state index is 0.0192. The summed E-state index contributed by atoms with van der Waals surface area (Å²) in [7, 11) is 0. The zero-order valence-corrected chi connectivity index (χ0v) is 16.1. The van der Waals surface area contributed by atoms with Gasteiger partial charge in [-0.05, 0) is 25.0 Å². The van der Waals surface area contributed by atoms with Crippen LogP contribution in [0.25, 0.3) is 16.2 Å². The first-order valence-electron chi connectivity index (χ1n) is 9.06. The van der Waals surface area contributed by atoms with Crippen LogP contribution in [0.3, 0.4) is 0 Å². The van der Waals surface area contributed by atoms with Gasteiger partial charge in [0.15, 0.2) is 0 Å². The van der Waals surface area contributed by atoms with Gasteiger partial charge in [0.25, 0.3) is 0 Å². The minimum Gasteiger partial charge on any atom is -0.339 e. The van der Waals surface area contributed by atoms with E-state index >= 15 is 0 Å². The minimum atomic E-state index is -0.0192. The highest BCUT2D eigenvalue weighted by Gasteiger charge is 2.31. The summed E-state index contributed by atoms with van der Waals surface area (Å²) < 4.78 is 1.12. The smallest absolute Gasteiger partial charge is 0.246 e. The number of benzene rings is 1. The molecule has 4 rings (SSSR count). The van der Waals surface area contributed by atoms with E-state index < -0.39 is 0 Å². The molecule has 0 radical (unpaired) electrons. The van der Waals surface area contributed by atoms with Gasteiger partial charge in [0.05, 0.1) is 5.02 Å². The first-order chi connectivity index (χ1) is 12.6. The van der Waals surface area contributed by atoms with Gasteiger partial charge < -0.3 is 9.80 Å². The molecule has 2 amide bonds. The monoisotopic (exact) mass is 388 g/mol. The van der Waals surface area contributed by atoms with Crippen LogP contribution < -0.4 is 0 Å². The van der Waals surface area contributed by atoms with Crippen LogP contribution in [0.4, 0.5) is 0 Å². The molecule has 0 unspecified atom stereocenters. The van der Waals surface area contributed by atoms with E-state index in [1.807, 2.05) is 34.1 Å². The Balaban J connectivity index is 1.37. The van der Waals surface area contributed by atoms with Gasteiger partial charge in [0, 0.05) is 53.1 Å². The number of amides is 2. The standard InChI is InChI=1S/C20H21ClN2O2S/c21-19-15-6-1-2-7-16(15)26-17(19)8-9-18(24)22-10-12-23(13-11-22)20(25)14-4-3-5-14/h1-2,6-9,14H,3-5,10-13H2/b9-8+. The molecule has 1 aliphatic heterocycles. The molecule has 1 saturated carbocycles. The highest BCUT2D eigenvalue weighted by molar-refractivity contribution is 7.20. The third kappa shape index (κ3) is 3.38. The first-order valence-corrected chi connectivity index (χ1v) is 10.3. The van der Waals surface area contributed by atoms with E-state index in [-0.39, 0.29) is 17.7 Å². The maximum Gasteiger partial charge on any atom is 0.246 e. The quantitative estimate of drug-likeness (QED) is 0.744. The fourth-order valence-electron chi connectivity index (χ4n) is 3.45. The van der Waals surface area contributed by atoms with Crippen LogP contribution in [0.15, 0.2) is 30.3 Å². The van der Waals surface area contributed by atoms with Crippen molar-refractivity contribution in [2.24, 2.45) is 5.92 Å². The molecular formula is C20H21ClN2O2S. The Morgan fingerprint density at radius 2 is 1.77 bits per heavy atom. The summed E-state index contributed by atoms with van der Waals surface area (Å²) in [6.45, 7) is 2.47. The highest BCUT2D eigenvalue weighted by Crippen LogP contribution is 2.36. The van der Waals surface area contributed by atoms with Crippen LogP contribution in [-0.2, 0) is 9.59 Å². The van der Waals surface area contributed by atoms with E-state index in [4.69, 9.17) is 11.6 Å². The van der Waals surface area contributed by atoms with E-state index in [9.17, 15) is 9.59 Å². The van der Waals surface area contributed by atoms with Crippen molar-refractivity contribution in [2.45, 2.75) is 19.3 Å². The Morgan fingerprint density at radius 3 is 2.42 bits per heavy atom. The average Bonchev–Trinajstić information content (AvgIpc) is 2.94. The summed E-state index contributed by atoms with van der Waals surface area (Å²) in [5.41, 5.74) is 0. The van der Waals surface area contributed by atoms with Crippen molar-refractivity contribution in [1.29, 1.82) is 0 Å². The van der Waals surface area contributed by atoms with Crippen molar-refractivity contribution in [3.63, 3.8) is 0 Å². The van der Waals surface area contributed by atoms with Gasteiger partial charge in [0.2, 0.25) is 11.8 Å². The lowest BCUT2D eigenvalue weighted by molar-refractivity contribution is -0.142. The number of nitrogens with zero attached hydrogens (tertiary/aromatic N) is 2. The Hall–Kier alpha value is -1.85. The fourth-order valence-corrected chi connectivity index (χ4v) is 4.85. The number of piperazine rings is 1. The molecule has 2 aliphatic rings. The van der Waals surface area contributed by atoms with Gasteiger partial charge in [-0.25, -0.2) is 0 Å². The molecule has 1 saturated heterocycles. The van der Waals surface area contributed by atoms with Gasteiger partial charge in [-0.2, -0.15) is 0 Å². The van der Waals surface area contributed by atoms with Gasteiger partial charge in [-0.15, -0.1) is 11.3 Å². The number of thiophene rings is 1. The molecule has 2 heterocycles. The number of rotatable bonds is 3. The molecule has 6 heteroatoms. The Kier molecular flexibility index (Phi) is 5.00. The van der Waals surface area contributed by atoms with Crippen LogP contribution in [0.1, 0.15) is 24.1 Å². The molecular weight excluding hydrogens is 368 g/mol. The molecule has 2 fully saturated rings. The lowest BCUT2D eigenvalue weighted by Gasteiger charge is -2.37. The number of hydrogen-bond acceptors (Lipinski definition) is 3. The number of fused-ring (bicyclic) bond motifs is 1. The molecule has 0 bridgehead atoms. The van der Waals surface area contributed by atoms with E-state index in [2.05, 4.69) is 0 Å². The van der Waals surface area contributed by atoms with Crippen LogP contribution in [0.2, 0.25) is 5.02 Å². The van der Waals surface area contributed by atoms with Crippen molar-refractivity contribution >= 4 is 50.9 Å². The summed E-state index contributed by atoms with van der Waals surface area (Å²) >= 11 is 8.01. The number of carbonyl (C=O) groups excluding carboxylic acids is 2. The molecule has 0 N–H and O–H groups in total. The maximum absolute atomic E-state index is 12.5. The molecule has 4 nitrogen and oxygen atoms in total. The van der Waals surface area contributed by atoms with E-state index in [1.54, 1.807) is 23.5 Å². The molecule has 26 heavy (non-hydrogen) atoms.